The number of rotatable bonds is 5. The number of hydrogen-bond acceptors (Lipinski definition) is 3. The molecule has 5 rings (SSSR count). The first-order valence-corrected chi connectivity index (χ1v) is 9.15. The Morgan fingerprint density at radius 2 is 1.89 bits per heavy atom. The summed E-state index contributed by atoms with van der Waals surface area (Å²) in [7, 11) is 0. The van der Waals surface area contributed by atoms with Crippen LogP contribution in [0.2, 0.25) is 0 Å². The second-order valence-corrected chi connectivity index (χ2v) is 6.68. The van der Waals surface area contributed by atoms with Crippen LogP contribution in [-0.4, -0.2) is 26.3 Å². The highest BCUT2D eigenvalue weighted by Crippen LogP contribution is 2.37. The van der Waals surface area contributed by atoms with Crippen molar-refractivity contribution < 1.29 is 4.39 Å². The zero-order chi connectivity index (χ0) is 18.9. The van der Waals surface area contributed by atoms with Gasteiger partial charge in [-0.15, -0.1) is 0 Å². The summed E-state index contributed by atoms with van der Waals surface area (Å²) in [4.78, 5) is 7.45. The van der Waals surface area contributed by atoms with E-state index in [1.54, 1.807) is 23.1 Å². The highest BCUT2D eigenvalue weighted by molar-refractivity contribution is 6.13. The second-order valence-electron chi connectivity index (χ2n) is 6.68. The van der Waals surface area contributed by atoms with Gasteiger partial charge in [-0.3, -0.25) is 4.68 Å². The molecule has 0 unspecified atom stereocenters. The lowest BCUT2D eigenvalue weighted by Gasteiger charge is -2.14. The van der Waals surface area contributed by atoms with Gasteiger partial charge in [0, 0.05) is 28.4 Å². The van der Waals surface area contributed by atoms with Gasteiger partial charge in [-0.05, 0) is 23.8 Å². The lowest BCUT2D eigenvalue weighted by molar-refractivity contribution is 0.630. The fourth-order valence-corrected chi connectivity index (χ4v) is 3.63. The van der Waals surface area contributed by atoms with E-state index in [2.05, 4.69) is 44.6 Å². The third kappa shape index (κ3) is 2.89. The molecule has 0 radical (unpaired) electrons. The Labute approximate surface area is 160 Å². The minimum Gasteiger partial charge on any atom is -0.381 e. The van der Waals surface area contributed by atoms with E-state index in [0.717, 1.165) is 38.6 Å². The summed E-state index contributed by atoms with van der Waals surface area (Å²) < 4.78 is 15.6. The van der Waals surface area contributed by atoms with Gasteiger partial charge < -0.3 is 10.3 Å². The average molecular weight is 371 g/mol. The van der Waals surface area contributed by atoms with Gasteiger partial charge in [-0.25, -0.2) is 9.37 Å². The minimum atomic E-state index is -0.235. The molecule has 2 N–H and O–H groups in total. The predicted octanol–water partition coefficient (Wildman–Crippen LogP) is 4.83. The number of nitrogens with one attached hydrogen (secondary N) is 2. The van der Waals surface area contributed by atoms with E-state index in [4.69, 9.17) is 0 Å². The molecule has 2 aromatic heterocycles. The molecule has 5 nitrogen and oxygen atoms in total. The molecule has 5 aromatic rings. The van der Waals surface area contributed by atoms with Crippen LogP contribution in [0.3, 0.4) is 0 Å². The number of aromatic amines is 1. The largest absolute Gasteiger partial charge is 0.381 e. The molecule has 0 saturated heterocycles. The lowest BCUT2D eigenvalue weighted by atomic mass is 10.0. The Morgan fingerprint density at radius 3 is 2.71 bits per heavy atom. The van der Waals surface area contributed by atoms with E-state index in [9.17, 15) is 4.39 Å². The smallest absolute Gasteiger partial charge is 0.137 e. The molecule has 0 bridgehead atoms. The highest BCUT2D eigenvalue weighted by atomic mass is 19.1. The van der Waals surface area contributed by atoms with E-state index in [0.29, 0.717) is 13.1 Å². The topological polar surface area (TPSA) is 58.5 Å². The standard InChI is InChI=1S/C22H18FN5/c23-16-6-9-20-19(12-16)18-8-7-17(15-4-2-1-3-5-15)21(22(18)27-20)25-10-11-28-14-24-13-26-28/h1-9,12-14,25,27H,10-11H2. The first-order chi connectivity index (χ1) is 13.8. The first-order valence-electron chi connectivity index (χ1n) is 9.15. The van der Waals surface area contributed by atoms with Crippen molar-refractivity contribution >= 4 is 27.5 Å². The zero-order valence-electron chi connectivity index (χ0n) is 15.1. The van der Waals surface area contributed by atoms with Crippen molar-refractivity contribution in [1.29, 1.82) is 0 Å². The Bertz CT molecular complexity index is 1240. The molecule has 0 aliphatic heterocycles. The second kappa shape index (κ2) is 6.81. The van der Waals surface area contributed by atoms with Gasteiger partial charge in [-0.2, -0.15) is 5.10 Å². The zero-order valence-corrected chi connectivity index (χ0v) is 15.1. The molecule has 0 fully saturated rings. The molecule has 0 atom stereocenters. The molecular formula is C22H18FN5. The lowest BCUT2D eigenvalue weighted by Crippen LogP contribution is -2.11. The number of anilines is 1. The minimum absolute atomic E-state index is 0.235. The van der Waals surface area contributed by atoms with Crippen molar-refractivity contribution in [3.05, 3.63) is 79.1 Å². The van der Waals surface area contributed by atoms with E-state index in [-0.39, 0.29) is 5.82 Å². The molecule has 2 heterocycles. The maximum Gasteiger partial charge on any atom is 0.137 e. The van der Waals surface area contributed by atoms with Crippen molar-refractivity contribution in [2.75, 3.05) is 11.9 Å². The summed E-state index contributed by atoms with van der Waals surface area (Å²) >= 11 is 0. The number of aromatic nitrogens is 4. The van der Waals surface area contributed by atoms with Crippen LogP contribution < -0.4 is 5.32 Å². The maximum absolute atomic E-state index is 13.8. The van der Waals surface area contributed by atoms with E-state index in [1.807, 2.05) is 18.2 Å². The average Bonchev–Trinajstić information content (AvgIpc) is 3.36. The van der Waals surface area contributed by atoms with Gasteiger partial charge >= 0.3 is 0 Å². The van der Waals surface area contributed by atoms with E-state index >= 15 is 0 Å². The number of H-pyrrole nitrogens is 1. The number of benzene rings is 3. The molecule has 3 aromatic carbocycles. The number of nitrogens with zero attached hydrogens (tertiary/aromatic N) is 3. The van der Waals surface area contributed by atoms with Crippen LogP contribution >= 0.6 is 0 Å². The summed E-state index contributed by atoms with van der Waals surface area (Å²) in [6, 6.07) is 19.2. The summed E-state index contributed by atoms with van der Waals surface area (Å²) in [6.07, 6.45) is 3.23. The molecule has 6 heteroatoms. The van der Waals surface area contributed by atoms with Crippen molar-refractivity contribution in [2.45, 2.75) is 6.54 Å². The monoisotopic (exact) mass is 371 g/mol. The molecular weight excluding hydrogens is 353 g/mol. The molecule has 138 valence electrons. The van der Waals surface area contributed by atoms with Gasteiger partial charge in [0.25, 0.3) is 0 Å². The number of hydrogen-bond donors (Lipinski definition) is 2. The van der Waals surface area contributed by atoms with Crippen LogP contribution in [0.1, 0.15) is 0 Å². The quantitative estimate of drug-likeness (QED) is 0.465. The summed E-state index contributed by atoms with van der Waals surface area (Å²) in [5.41, 5.74) is 5.11. The van der Waals surface area contributed by atoms with Crippen LogP contribution in [-0.2, 0) is 6.54 Å². The Kier molecular flexibility index (Phi) is 4.01. The van der Waals surface area contributed by atoms with Gasteiger partial charge in [0.05, 0.1) is 17.7 Å². The van der Waals surface area contributed by atoms with E-state index in [1.165, 1.54) is 12.4 Å². The van der Waals surface area contributed by atoms with E-state index < -0.39 is 0 Å². The Balaban J connectivity index is 1.64. The molecule has 0 saturated carbocycles. The maximum atomic E-state index is 13.8. The van der Waals surface area contributed by atoms with Crippen LogP contribution in [0, 0.1) is 5.82 Å². The van der Waals surface area contributed by atoms with Crippen molar-refractivity contribution in [2.24, 2.45) is 0 Å². The Morgan fingerprint density at radius 1 is 1.00 bits per heavy atom. The molecule has 0 aliphatic carbocycles. The van der Waals surface area contributed by atoms with Gasteiger partial charge in [0.2, 0.25) is 0 Å². The van der Waals surface area contributed by atoms with Crippen LogP contribution in [0.15, 0.2) is 73.3 Å². The van der Waals surface area contributed by atoms with Crippen LogP contribution in [0.5, 0.6) is 0 Å². The fraction of sp³-hybridized carbons (Fsp3) is 0.0909. The van der Waals surface area contributed by atoms with Crippen molar-refractivity contribution in [1.82, 2.24) is 19.7 Å². The summed E-state index contributed by atoms with van der Waals surface area (Å²) in [5, 5.41) is 9.59. The summed E-state index contributed by atoms with van der Waals surface area (Å²) in [6.45, 7) is 1.38. The third-order valence-corrected chi connectivity index (χ3v) is 4.93. The fourth-order valence-electron chi connectivity index (χ4n) is 3.63. The number of halogens is 1. The normalized spacial score (nSPS) is 11.3. The first kappa shape index (κ1) is 16.5. The molecule has 0 spiro atoms. The highest BCUT2D eigenvalue weighted by Gasteiger charge is 2.14. The Hall–Kier alpha value is -3.67. The van der Waals surface area contributed by atoms with Crippen LogP contribution in [0.4, 0.5) is 10.1 Å². The SMILES string of the molecule is Fc1ccc2[nH]c3c(NCCn4cncn4)c(-c4ccccc4)ccc3c2c1. The van der Waals surface area contributed by atoms with Gasteiger partial charge in [0.1, 0.15) is 18.5 Å². The van der Waals surface area contributed by atoms with Crippen molar-refractivity contribution in [3.8, 4) is 11.1 Å². The predicted molar refractivity (Wildman–Crippen MR) is 110 cm³/mol. The molecule has 0 aliphatic rings. The molecule has 0 amide bonds. The van der Waals surface area contributed by atoms with Gasteiger partial charge in [-0.1, -0.05) is 42.5 Å². The summed E-state index contributed by atoms with van der Waals surface area (Å²) in [5.74, 6) is -0.235. The van der Waals surface area contributed by atoms with Crippen LogP contribution in [0.25, 0.3) is 32.9 Å². The number of fused-ring (bicyclic) bond motifs is 3. The third-order valence-electron chi connectivity index (χ3n) is 4.93. The molecule has 28 heavy (non-hydrogen) atoms. The van der Waals surface area contributed by atoms with Gasteiger partial charge in [0.15, 0.2) is 0 Å². The van der Waals surface area contributed by atoms with Crippen molar-refractivity contribution in [3.63, 3.8) is 0 Å².